The average molecular weight is 357 g/mol. The Morgan fingerprint density at radius 3 is 2.74 bits per heavy atom. The molecule has 23 heavy (non-hydrogen) atoms. The second-order valence-corrected chi connectivity index (χ2v) is 7.46. The molecule has 0 atom stereocenters. The molecule has 4 aromatic rings. The van der Waals surface area contributed by atoms with Gasteiger partial charge in [0.15, 0.2) is 10.3 Å². The summed E-state index contributed by atoms with van der Waals surface area (Å²) in [5.74, 6) is 0. The summed E-state index contributed by atoms with van der Waals surface area (Å²) in [7, 11) is 0. The number of thiazole rings is 2. The second-order valence-electron chi connectivity index (χ2n) is 4.72. The normalized spacial score (nSPS) is 11.0. The van der Waals surface area contributed by atoms with Gasteiger partial charge in [0.25, 0.3) is 0 Å². The average Bonchev–Trinajstić information content (AvgIpc) is 3.22. The monoisotopic (exact) mass is 356 g/mol. The van der Waals surface area contributed by atoms with Crippen molar-refractivity contribution in [3.8, 4) is 11.3 Å². The van der Waals surface area contributed by atoms with Gasteiger partial charge in [-0.2, -0.15) is 0 Å². The first-order valence-corrected chi connectivity index (χ1v) is 9.82. The van der Waals surface area contributed by atoms with Gasteiger partial charge in [0.2, 0.25) is 0 Å². The molecule has 1 N–H and O–H groups in total. The van der Waals surface area contributed by atoms with E-state index in [4.69, 9.17) is 4.98 Å². The highest BCUT2D eigenvalue weighted by Gasteiger charge is 2.10. The SMILES string of the molecule is CSc1cccc2sc(Nc3nc(-c4ccncc4)cs3)nc12. The van der Waals surface area contributed by atoms with Crippen LogP contribution in [-0.4, -0.2) is 21.2 Å². The summed E-state index contributed by atoms with van der Waals surface area (Å²) < 4.78 is 1.19. The maximum atomic E-state index is 4.70. The van der Waals surface area contributed by atoms with E-state index in [0.717, 1.165) is 27.0 Å². The molecule has 0 aliphatic carbocycles. The number of fused-ring (bicyclic) bond motifs is 1. The third-order valence-electron chi connectivity index (χ3n) is 3.30. The summed E-state index contributed by atoms with van der Waals surface area (Å²) in [5, 5.41) is 7.09. The summed E-state index contributed by atoms with van der Waals surface area (Å²) in [4.78, 5) is 14.6. The van der Waals surface area contributed by atoms with E-state index in [1.807, 2.05) is 17.5 Å². The number of pyridine rings is 1. The summed E-state index contributed by atoms with van der Waals surface area (Å²) in [6.45, 7) is 0. The van der Waals surface area contributed by atoms with E-state index in [1.54, 1.807) is 46.8 Å². The predicted molar refractivity (Wildman–Crippen MR) is 100 cm³/mol. The third-order valence-corrected chi connectivity index (χ3v) is 5.76. The lowest BCUT2D eigenvalue weighted by atomic mass is 10.2. The zero-order chi connectivity index (χ0) is 15.6. The number of nitrogens with one attached hydrogen (secondary N) is 1. The maximum Gasteiger partial charge on any atom is 0.190 e. The summed E-state index contributed by atoms with van der Waals surface area (Å²) in [5.41, 5.74) is 3.07. The van der Waals surface area contributed by atoms with Crippen molar-refractivity contribution in [2.75, 3.05) is 11.6 Å². The van der Waals surface area contributed by atoms with Crippen molar-refractivity contribution in [1.29, 1.82) is 0 Å². The van der Waals surface area contributed by atoms with Crippen LogP contribution in [0.25, 0.3) is 21.5 Å². The van der Waals surface area contributed by atoms with E-state index in [9.17, 15) is 0 Å². The minimum atomic E-state index is 0.849. The first-order chi connectivity index (χ1) is 11.3. The lowest BCUT2D eigenvalue weighted by Gasteiger charge is -1.96. The van der Waals surface area contributed by atoms with E-state index in [0.29, 0.717) is 0 Å². The van der Waals surface area contributed by atoms with Gasteiger partial charge in [0.05, 0.1) is 15.9 Å². The Morgan fingerprint density at radius 1 is 1.04 bits per heavy atom. The first kappa shape index (κ1) is 14.6. The quantitative estimate of drug-likeness (QED) is 0.504. The minimum Gasteiger partial charge on any atom is -0.307 e. The van der Waals surface area contributed by atoms with Gasteiger partial charge in [-0.15, -0.1) is 23.1 Å². The van der Waals surface area contributed by atoms with Gasteiger partial charge < -0.3 is 5.32 Å². The number of aromatic nitrogens is 3. The molecule has 0 radical (unpaired) electrons. The van der Waals surface area contributed by atoms with Crippen LogP contribution >= 0.6 is 34.4 Å². The van der Waals surface area contributed by atoms with Crippen molar-refractivity contribution >= 4 is 54.9 Å². The minimum absolute atomic E-state index is 0.849. The van der Waals surface area contributed by atoms with Gasteiger partial charge in [-0.25, -0.2) is 9.97 Å². The van der Waals surface area contributed by atoms with Crippen LogP contribution in [0.4, 0.5) is 10.3 Å². The van der Waals surface area contributed by atoms with Crippen molar-refractivity contribution in [2.45, 2.75) is 4.90 Å². The molecule has 0 saturated carbocycles. The molecule has 0 unspecified atom stereocenters. The Morgan fingerprint density at radius 2 is 1.91 bits per heavy atom. The number of anilines is 2. The molecule has 114 valence electrons. The van der Waals surface area contributed by atoms with Crippen LogP contribution in [0.1, 0.15) is 0 Å². The van der Waals surface area contributed by atoms with Crippen molar-refractivity contribution in [3.63, 3.8) is 0 Å². The fourth-order valence-electron chi connectivity index (χ4n) is 2.22. The van der Waals surface area contributed by atoms with Crippen molar-refractivity contribution < 1.29 is 0 Å². The number of para-hydroxylation sites is 1. The number of rotatable bonds is 4. The van der Waals surface area contributed by atoms with Gasteiger partial charge in [0, 0.05) is 28.2 Å². The molecular weight excluding hydrogens is 344 g/mol. The highest BCUT2D eigenvalue weighted by molar-refractivity contribution is 7.98. The Bertz CT molecular complexity index is 946. The van der Waals surface area contributed by atoms with Gasteiger partial charge in [0.1, 0.15) is 0 Å². The Labute approximate surface area is 145 Å². The van der Waals surface area contributed by atoms with E-state index in [-0.39, 0.29) is 0 Å². The van der Waals surface area contributed by atoms with E-state index >= 15 is 0 Å². The highest BCUT2D eigenvalue weighted by atomic mass is 32.2. The van der Waals surface area contributed by atoms with Crippen LogP contribution in [0.2, 0.25) is 0 Å². The maximum absolute atomic E-state index is 4.70. The molecule has 0 fully saturated rings. The lowest BCUT2D eigenvalue weighted by Crippen LogP contribution is -1.88. The number of nitrogens with zero attached hydrogens (tertiary/aromatic N) is 3. The molecule has 4 nitrogen and oxygen atoms in total. The third kappa shape index (κ3) is 2.95. The van der Waals surface area contributed by atoms with E-state index in [2.05, 4.69) is 39.7 Å². The Kier molecular flexibility index (Phi) is 3.99. The zero-order valence-corrected chi connectivity index (χ0v) is 14.6. The number of hydrogen-bond acceptors (Lipinski definition) is 7. The number of benzene rings is 1. The molecule has 1 aromatic carbocycles. The fourth-order valence-corrected chi connectivity index (χ4v) is 4.52. The van der Waals surface area contributed by atoms with Gasteiger partial charge >= 0.3 is 0 Å². The number of hydrogen-bond donors (Lipinski definition) is 1. The summed E-state index contributed by atoms with van der Waals surface area (Å²) >= 11 is 4.94. The molecule has 3 aromatic heterocycles. The molecule has 0 saturated heterocycles. The molecule has 7 heteroatoms. The summed E-state index contributed by atoms with van der Waals surface area (Å²) in [6.07, 6.45) is 5.63. The largest absolute Gasteiger partial charge is 0.307 e. The van der Waals surface area contributed by atoms with Gasteiger partial charge in [-0.3, -0.25) is 4.98 Å². The molecule has 0 bridgehead atoms. The highest BCUT2D eigenvalue weighted by Crippen LogP contribution is 2.34. The van der Waals surface area contributed by atoms with Gasteiger partial charge in [-0.05, 0) is 30.5 Å². The molecule has 3 heterocycles. The smallest absolute Gasteiger partial charge is 0.190 e. The molecule has 0 amide bonds. The van der Waals surface area contributed by atoms with Crippen LogP contribution < -0.4 is 5.32 Å². The Hall–Kier alpha value is -1.96. The fraction of sp³-hybridized carbons (Fsp3) is 0.0625. The Balaban J connectivity index is 1.63. The number of thioether (sulfide) groups is 1. The van der Waals surface area contributed by atoms with E-state index in [1.165, 1.54) is 9.60 Å². The van der Waals surface area contributed by atoms with Crippen LogP contribution in [0.5, 0.6) is 0 Å². The van der Waals surface area contributed by atoms with Crippen LogP contribution in [0, 0.1) is 0 Å². The lowest BCUT2D eigenvalue weighted by molar-refractivity contribution is 1.31. The first-order valence-electron chi connectivity index (χ1n) is 6.90. The standard InChI is InChI=1S/C16H12N4S3/c1-21-12-3-2-4-13-14(12)19-16(23-13)20-15-18-11(9-22-15)10-5-7-17-8-6-10/h2-9H,1H3,(H,18,19,20). The summed E-state index contributed by atoms with van der Waals surface area (Å²) in [6, 6.07) is 10.2. The van der Waals surface area contributed by atoms with Crippen LogP contribution in [-0.2, 0) is 0 Å². The van der Waals surface area contributed by atoms with Gasteiger partial charge in [-0.1, -0.05) is 17.4 Å². The van der Waals surface area contributed by atoms with Crippen LogP contribution in [0.3, 0.4) is 0 Å². The second kappa shape index (κ2) is 6.27. The van der Waals surface area contributed by atoms with Crippen molar-refractivity contribution in [3.05, 3.63) is 48.1 Å². The van der Waals surface area contributed by atoms with Crippen LogP contribution in [0.15, 0.2) is 53.0 Å². The van der Waals surface area contributed by atoms with E-state index < -0.39 is 0 Å². The zero-order valence-electron chi connectivity index (χ0n) is 12.2. The molecule has 4 rings (SSSR count). The predicted octanol–water partition coefficient (Wildman–Crippen LogP) is 5.28. The van der Waals surface area contributed by atoms with Crippen molar-refractivity contribution in [1.82, 2.24) is 15.0 Å². The molecule has 0 aliphatic rings. The topological polar surface area (TPSA) is 50.7 Å². The van der Waals surface area contributed by atoms with Crippen molar-refractivity contribution in [2.24, 2.45) is 0 Å². The molecular formula is C16H12N4S3. The molecule has 0 spiro atoms. The molecule has 0 aliphatic heterocycles.